The summed E-state index contributed by atoms with van der Waals surface area (Å²) >= 11 is 0. The van der Waals surface area contributed by atoms with E-state index in [0.29, 0.717) is 11.7 Å². The van der Waals surface area contributed by atoms with Crippen LogP contribution in [-0.4, -0.2) is 41.3 Å². The average Bonchev–Trinajstić information content (AvgIpc) is 2.64. The SMILES string of the molecule is Cc1cc(C2CCN(C)C2)nc(C=O)n1. The molecule has 0 bridgehead atoms. The van der Waals surface area contributed by atoms with Gasteiger partial charge >= 0.3 is 0 Å². The van der Waals surface area contributed by atoms with Crippen LogP contribution in [0.1, 0.15) is 34.3 Å². The highest BCUT2D eigenvalue weighted by molar-refractivity contribution is 5.68. The van der Waals surface area contributed by atoms with Crippen molar-refractivity contribution in [3.8, 4) is 0 Å². The predicted molar refractivity (Wildman–Crippen MR) is 57.0 cm³/mol. The highest BCUT2D eigenvalue weighted by Crippen LogP contribution is 2.24. The number of hydrogen-bond acceptors (Lipinski definition) is 4. The quantitative estimate of drug-likeness (QED) is 0.676. The van der Waals surface area contributed by atoms with Gasteiger partial charge in [0, 0.05) is 23.9 Å². The summed E-state index contributed by atoms with van der Waals surface area (Å²) in [6.07, 6.45) is 1.83. The van der Waals surface area contributed by atoms with Crippen molar-refractivity contribution in [1.29, 1.82) is 0 Å². The summed E-state index contributed by atoms with van der Waals surface area (Å²) in [5.41, 5.74) is 1.88. The minimum absolute atomic E-state index is 0.305. The molecule has 0 radical (unpaired) electrons. The van der Waals surface area contributed by atoms with Crippen LogP contribution in [0.5, 0.6) is 0 Å². The summed E-state index contributed by atoms with van der Waals surface area (Å²) in [6, 6.07) is 1.98. The molecule has 0 amide bonds. The van der Waals surface area contributed by atoms with Gasteiger partial charge in [-0.15, -0.1) is 0 Å². The van der Waals surface area contributed by atoms with Crippen LogP contribution in [-0.2, 0) is 0 Å². The molecule has 4 nitrogen and oxygen atoms in total. The molecule has 1 unspecified atom stereocenters. The van der Waals surface area contributed by atoms with E-state index in [-0.39, 0.29) is 0 Å². The lowest BCUT2D eigenvalue weighted by Crippen LogP contribution is -2.14. The number of carbonyl (C=O) groups is 1. The molecule has 1 fully saturated rings. The summed E-state index contributed by atoms with van der Waals surface area (Å²) in [4.78, 5) is 21.2. The molecule has 2 rings (SSSR count). The highest BCUT2D eigenvalue weighted by atomic mass is 16.1. The molecule has 1 aliphatic rings. The number of likely N-dealkylation sites (N-methyl/N-ethyl adjacent to an activating group) is 1. The molecule has 0 spiro atoms. The van der Waals surface area contributed by atoms with Crippen molar-refractivity contribution in [2.24, 2.45) is 0 Å². The van der Waals surface area contributed by atoms with Gasteiger partial charge in [-0.2, -0.15) is 0 Å². The molecule has 0 aromatic carbocycles. The van der Waals surface area contributed by atoms with Gasteiger partial charge in [-0.1, -0.05) is 0 Å². The monoisotopic (exact) mass is 205 g/mol. The number of aryl methyl sites for hydroxylation is 1. The Hall–Kier alpha value is -1.29. The van der Waals surface area contributed by atoms with E-state index in [0.717, 1.165) is 37.2 Å². The second kappa shape index (κ2) is 4.06. The third-order valence-corrected chi connectivity index (χ3v) is 2.81. The number of aromatic nitrogens is 2. The van der Waals surface area contributed by atoms with Gasteiger partial charge in [0.2, 0.25) is 0 Å². The van der Waals surface area contributed by atoms with Gasteiger partial charge in [0.05, 0.1) is 0 Å². The minimum atomic E-state index is 0.305. The normalized spacial score (nSPS) is 21.9. The average molecular weight is 205 g/mol. The van der Waals surface area contributed by atoms with Crippen LogP contribution in [0.3, 0.4) is 0 Å². The van der Waals surface area contributed by atoms with Crippen LogP contribution in [0.4, 0.5) is 0 Å². The van der Waals surface area contributed by atoms with Gasteiger partial charge in [0.25, 0.3) is 0 Å². The van der Waals surface area contributed by atoms with Crippen molar-refractivity contribution in [2.75, 3.05) is 20.1 Å². The van der Waals surface area contributed by atoms with Crippen molar-refractivity contribution < 1.29 is 4.79 Å². The predicted octanol–water partition coefficient (Wildman–Crippen LogP) is 1.02. The zero-order valence-corrected chi connectivity index (χ0v) is 9.10. The van der Waals surface area contributed by atoms with E-state index in [4.69, 9.17) is 0 Å². The maximum absolute atomic E-state index is 10.7. The van der Waals surface area contributed by atoms with Gasteiger partial charge in [-0.3, -0.25) is 4.79 Å². The van der Waals surface area contributed by atoms with E-state index in [1.54, 1.807) is 0 Å². The first-order valence-corrected chi connectivity index (χ1v) is 5.18. The third-order valence-electron chi connectivity index (χ3n) is 2.81. The Kier molecular flexibility index (Phi) is 2.77. The van der Waals surface area contributed by atoms with E-state index < -0.39 is 0 Å². The van der Waals surface area contributed by atoms with Crippen LogP contribution in [0, 0.1) is 6.92 Å². The third kappa shape index (κ3) is 2.21. The molecular weight excluding hydrogens is 190 g/mol. The standard InChI is InChI=1S/C11H15N3O/c1-8-5-10(13-11(7-15)12-8)9-3-4-14(2)6-9/h5,7,9H,3-4,6H2,1-2H3. The Balaban J connectivity index is 2.27. The Bertz CT molecular complexity index is 378. The molecular formula is C11H15N3O. The summed E-state index contributed by atoms with van der Waals surface area (Å²) < 4.78 is 0. The van der Waals surface area contributed by atoms with E-state index in [9.17, 15) is 4.79 Å². The molecule has 0 N–H and O–H groups in total. The van der Waals surface area contributed by atoms with Crippen LogP contribution < -0.4 is 0 Å². The molecule has 0 aliphatic carbocycles. The van der Waals surface area contributed by atoms with E-state index in [2.05, 4.69) is 21.9 Å². The number of aldehydes is 1. The van der Waals surface area contributed by atoms with Crippen molar-refractivity contribution in [1.82, 2.24) is 14.9 Å². The number of rotatable bonds is 2. The Morgan fingerprint density at radius 1 is 1.53 bits per heavy atom. The van der Waals surface area contributed by atoms with E-state index in [1.165, 1.54) is 0 Å². The Labute approximate surface area is 89.3 Å². The lowest BCUT2D eigenvalue weighted by atomic mass is 10.0. The molecule has 1 aromatic heterocycles. The van der Waals surface area contributed by atoms with Gasteiger partial charge in [-0.25, -0.2) is 9.97 Å². The number of likely N-dealkylation sites (tertiary alicyclic amines) is 1. The molecule has 2 heterocycles. The van der Waals surface area contributed by atoms with Crippen molar-refractivity contribution in [3.05, 3.63) is 23.3 Å². The van der Waals surface area contributed by atoms with Gasteiger partial charge in [0.15, 0.2) is 12.1 Å². The van der Waals surface area contributed by atoms with Gasteiger partial charge in [0.1, 0.15) is 0 Å². The Morgan fingerprint density at radius 2 is 2.33 bits per heavy atom. The lowest BCUT2D eigenvalue weighted by Gasteiger charge is -2.10. The number of hydrogen-bond donors (Lipinski definition) is 0. The first-order valence-electron chi connectivity index (χ1n) is 5.18. The first-order chi connectivity index (χ1) is 7.19. The fourth-order valence-electron chi connectivity index (χ4n) is 2.05. The van der Waals surface area contributed by atoms with Crippen LogP contribution in [0.15, 0.2) is 6.07 Å². The molecule has 1 aliphatic heterocycles. The summed E-state index contributed by atoms with van der Waals surface area (Å²) in [7, 11) is 2.11. The Morgan fingerprint density at radius 3 is 2.93 bits per heavy atom. The second-order valence-corrected chi connectivity index (χ2v) is 4.16. The molecule has 1 aromatic rings. The largest absolute Gasteiger partial charge is 0.306 e. The van der Waals surface area contributed by atoms with Crippen LogP contribution >= 0.6 is 0 Å². The first kappa shape index (κ1) is 10.2. The van der Waals surface area contributed by atoms with Gasteiger partial charge < -0.3 is 4.90 Å². The van der Waals surface area contributed by atoms with Crippen molar-refractivity contribution in [2.45, 2.75) is 19.3 Å². The summed E-state index contributed by atoms with van der Waals surface area (Å²) in [5, 5.41) is 0. The maximum atomic E-state index is 10.7. The lowest BCUT2D eigenvalue weighted by molar-refractivity contribution is 0.111. The highest BCUT2D eigenvalue weighted by Gasteiger charge is 2.22. The van der Waals surface area contributed by atoms with Crippen molar-refractivity contribution >= 4 is 6.29 Å². The zero-order chi connectivity index (χ0) is 10.8. The molecule has 4 heteroatoms. The molecule has 0 saturated carbocycles. The fraction of sp³-hybridized carbons (Fsp3) is 0.545. The number of carbonyl (C=O) groups excluding carboxylic acids is 1. The van der Waals surface area contributed by atoms with Crippen LogP contribution in [0.25, 0.3) is 0 Å². The summed E-state index contributed by atoms with van der Waals surface area (Å²) in [5.74, 6) is 0.759. The maximum Gasteiger partial charge on any atom is 0.193 e. The fourth-order valence-corrected chi connectivity index (χ4v) is 2.05. The summed E-state index contributed by atoms with van der Waals surface area (Å²) in [6.45, 7) is 4.02. The second-order valence-electron chi connectivity index (χ2n) is 4.16. The van der Waals surface area contributed by atoms with Crippen LogP contribution in [0.2, 0.25) is 0 Å². The molecule has 80 valence electrons. The van der Waals surface area contributed by atoms with E-state index >= 15 is 0 Å². The van der Waals surface area contributed by atoms with Crippen molar-refractivity contribution in [3.63, 3.8) is 0 Å². The minimum Gasteiger partial charge on any atom is -0.306 e. The zero-order valence-electron chi connectivity index (χ0n) is 9.10. The number of nitrogens with zero attached hydrogens (tertiary/aromatic N) is 3. The smallest absolute Gasteiger partial charge is 0.193 e. The van der Waals surface area contributed by atoms with E-state index in [1.807, 2.05) is 13.0 Å². The topological polar surface area (TPSA) is 46.1 Å². The molecule has 1 atom stereocenters. The molecule has 15 heavy (non-hydrogen) atoms. The molecule has 1 saturated heterocycles. The van der Waals surface area contributed by atoms with Gasteiger partial charge in [-0.05, 0) is 33.0 Å².